The summed E-state index contributed by atoms with van der Waals surface area (Å²) in [5.74, 6) is 0. The first kappa shape index (κ1) is 12.9. The Morgan fingerprint density at radius 3 is 3.00 bits per heavy atom. The Kier molecular flexibility index (Phi) is 3.78. The molecule has 2 amide bonds. The van der Waals surface area contributed by atoms with Gasteiger partial charge in [-0.05, 0) is 23.6 Å². The van der Waals surface area contributed by atoms with Crippen LogP contribution in [0.25, 0.3) is 0 Å². The lowest BCUT2D eigenvalue weighted by Gasteiger charge is -2.16. The third-order valence-electron chi connectivity index (χ3n) is 3.00. The van der Waals surface area contributed by atoms with Gasteiger partial charge in [0.1, 0.15) is 6.10 Å². The molecule has 0 bridgehead atoms. The molecule has 0 aromatic carbocycles. The highest BCUT2D eigenvalue weighted by Crippen LogP contribution is 2.19. The van der Waals surface area contributed by atoms with Crippen LogP contribution in [-0.2, 0) is 0 Å². The van der Waals surface area contributed by atoms with Crippen molar-refractivity contribution in [2.24, 2.45) is 0 Å². The van der Waals surface area contributed by atoms with E-state index in [0.717, 1.165) is 11.4 Å². The molecule has 1 aliphatic rings. The number of nitrogens with one attached hydrogen (secondary N) is 1. The smallest absolute Gasteiger partial charge is 0.322 e. The summed E-state index contributed by atoms with van der Waals surface area (Å²) in [5.41, 5.74) is 0. The molecule has 1 N–H and O–H groups in total. The third-order valence-corrected chi connectivity index (χ3v) is 3.78. The largest absolute Gasteiger partial charge is 0.458 e. The number of likely N-dealkylation sites (tertiary alicyclic amines) is 1. The van der Waals surface area contributed by atoms with Crippen LogP contribution in [0.4, 0.5) is 9.80 Å². The van der Waals surface area contributed by atoms with Gasteiger partial charge in [-0.2, -0.15) is 0 Å². The number of nitrogens with zero attached hydrogens (tertiary/aromatic N) is 3. The Morgan fingerprint density at radius 1 is 1.40 bits per heavy atom. The first-order chi connectivity index (χ1) is 9.81. The quantitative estimate of drug-likeness (QED) is 0.941. The zero-order chi connectivity index (χ0) is 13.8. The molecule has 20 heavy (non-hydrogen) atoms. The zero-order valence-electron chi connectivity index (χ0n) is 10.7. The fraction of sp³-hybridized carbons (Fsp3) is 0.308. The molecule has 0 saturated carbocycles. The number of hydrogen-bond acceptors (Lipinski definition) is 5. The number of aromatic nitrogens is 2. The van der Waals surface area contributed by atoms with Gasteiger partial charge in [0.15, 0.2) is 0 Å². The van der Waals surface area contributed by atoms with Crippen LogP contribution < -0.4 is 10.1 Å². The lowest BCUT2D eigenvalue weighted by molar-refractivity contribution is 0.184. The van der Waals surface area contributed by atoms with Crippen LogP contribution in [0.2, 0.25) is 0 Å². The van der Waals surface area contributed by atoms with Crippen molar-refractivity contribution in [2.75, 3.05) is 18.4 Å². The van der Waals surface area contributed by atoms with Crippen LogP contribution in [0.15, 0.2) is 36.0 Å². The highest BCUT2D eigenvalue weighted by atomic mass is 32.1. The van der Waals surface area contributed by atoms with Gasteiger partial charge in [-0.25, -0.2) is 14.8 Å². The summed E-state index contributed by atoms with van der Waals surface area (Å²) in [7, 11) is 0. The van der Waals surface area contributed by atoms with Gasteiger partial charge in [0.05, 0.1) is 11.5 Å². The Bertz CT molecular complexity index is 561. The van der Waals surface area contributed by atoms with E-state index >= 15 is 0 Å². The Morgan fingerprint density at radius 2 is 2.25 bits per heavy atom. The molecule has 7 heteroatoms. The van der Waals surface area contributed by atoms with Crippen LogP contribution in [-0.4, -0.2) is 40.1 Å². The normalized spacial score (nSPS) is 18.0. The van der Waals surface area contributed by atoms with E-state index in [-0.39, 0.29) is 12.1 Å². The summed E-state index contributed by atoms with van der Waals surface area (Å²) in [6.07, 6.45) is 4.01. The second-order valence-electron chi connectivity index (χ2n) is 4.41. The molecule has 1 aliphatic heterocycles. The van der Waals surface area contributed by atoms with E-state index in [0.29, 0.717) is 19.1 Å². The molecule has 6 nitrogen and oxygen atoms in total. The molecule has 3 heterocycles. The first-order valence-electron chi connectivity index (χ1n) is 6.34. The number of amides is 2. The summed E-state index contributed by atoms with van der Waals surface area (Å²) >= 11 is 1.50. The van der Waals surface area contributed by atoms with Crippen LogP contribution in [0, 0.1) is 0 Å². The van der Waals surface area contributed by atoms with Gasteiger partial charge in [-0.15, -0.1) is 11.3 Å². The summed E-state index contributed by atoms with van der Waals surface area (Å²) in [5, 5.41) is 5.65. The van der Waals surface area contributed by atoms with E-state index in [4.69, 9.17) is 4.74 Å². The van der Waals surface area contributed by atoms with Gasteiger partial charge in [0.2, 0.25) is 0 Å². The molecule has 0 radical (unpaired) electrons. The zero-order valence-corrected chi connectivity index (χ0v) is 11.5. The number of thiophene rings is 1. The lowest BCUT2D eigenvalue weighted by Crippen LogP contribution is -2.34. The third kappa shape index (κ3) is 3.05. The van der Waals surface area contributed by atoms with Crippen LogP contribution in [0.3, 0.4) is 0 Å². The summed E-state index contributed by atoms with van der Waals surface area (Å²) < 4.78 is 5.65. The molecule has 1 saturated heterocycles. The number of anilines is 1. The fourth-order valence-electron chi connectivity index (χ4n) is 2.04. The van der Waals surface area contributed by atoms with Crippen molar-refractivity contribution in [1.29, 1.82) is 0 Å². The summed E-state index contributed by atoms with van der Waals surface area (Å²) in [4.78, 5) is 21.8. The van der Waals surface area contributed by atoms with Crippen molar-refractivity contribution in [3.05, 3.63) is 36.0 Å². The molecule has 2 aromatic heterocycles. The number of carbonyl (C=O) groups excluding carboxylic acids is 1. The molecule has 0 spiro atoms. The van der Waals surface area contributed by atoms with E-state index in [9.17, 15) is 4.79 Å². The molecule has 3 rings (SSSR count). The minimum atomic E-state index is -0.0902. The van der Waals surface area contributed by atoms with Gasteiger partial charge in [0, 0.05) is 25.4 Å². The second-order valence-corrected chi connectivity index (χ2v) is 5.36. The van der Waals surface area contributed by atoms with E-state index in [1.807, 2.05) is 17.5 Å². The molecular weight excluding hydrogens is 276 g/mol. The Balaban J connectivity index is 1.53. The maximum Gasteiger partial charge on any atom is 0.322 e. The summed E-state index contributed by atoms with van der Waals surface area (Å²) in [6, 6.07) is 5.79. The predicted octanol–water partition coefficient (Wildman–Crippen LogP) is 2.22. The number of ether oxygens (including phenoxy) is 1. The average molecular weight is 290 g/mol. The SMILES string of the molecule is O=C(Nc1cccs1)N1CC[C@H](Oc2ncccn2)C1. The van der Waals surface area contributed by atoms with E-state index in [1.54, 1.807) is 23.4 Å². The van der Waals surface area contributed by atoms with Crippen molar-refractivity contribution in [2.45, 2.75) is 12.5 Å². The molecule has 1 atom stereocenters. The topological polar surface area (TPSA) is 67.4 Å². The van der Waals surface area contributed by atoms with E-state index < -0.39 is 0 Å². The van der Waals surface area contributed by atoms with Crippen molar-refractivity contribution >= 4 is 22.4 Å². The monoisotopic (exact) mass is 290 g/mol. The standard InChI is InChI=1S/C13H14N4O2S/c18-13(16-11-3-1-8-20-11)17-7-4-10(9-17)19-12-14-5-2-6-15-12/h1-3,5-6,8,10H,4,7,9H2,(H,16,18)/t10-/m0/s1. The molecule has 1 fully saturated rings. The summed E-state index contributed by atoms with van der Waals surface area (Å²) in [6.45, 7) is 1.23. The van der Waals surface area contributed by atoms with Gasteiger partial charge >= 0.3 is 12.0 Å². The van der Waals surface area contributed by atoms with Gasteiger partial charge in [0.25, 0.3) is 0 Å². The number of rotatable bonds is 3. The van der Waals surface area contributed by atoms with Crippen molar-refractivity contribution < 1.29 is 9.53 Å². The highest BCUT2D eigenvalue weighted by molar-refractivity contribution is 7.14. The maximum atomic E-state index is 12.0. The fourth-order valence-corrected chi connectivity index (χ4v) is 2.65. The molecule has 104 valence electrons. The number of urea groups is 1. The van der Waals surface area contributed by atoms with E-state index in [1.165, 1.54) is 11.3 Å². The molecule has 2 aromatic rings. The minimum Gasteiger partial charge on any atom is -0.458 e. The minimum absolute atomic E-state index is 0.0496. The lowest BCUT2D eigenvalue weighted by atomic mass is 10.3. The van der Waals surface area contributed by atoms with Crippen LogP contribution in [0.5, 0.6) is 6.01 Å². The van der Waals surface area contributed by atoms with Crippen molar-refractivity contribution in [3.8, 4) is 6.01 Å². The van der Waals surface area contributed by atoms with E-state index in [2.05, 4.69) is 15.3 Å². The molecule has 0 aliphatic carbocycles. The van der Waals surface area contributed by atoms with Crippen molar-refractivity contribution in [1.82, 2.24) is 14.9 Å². The Labute approximate surface area is 120 Å². The highest BCUT2D eigenvalue weighted by Gasteiger charge is 2.28. The van der Waals surface area contributed by atoms with Crippen molar-refractivity contribution in [3.63, 3.8) is 0 Å². The second kappa shape index (κ2) is 5.87. The first-order valence-corrected chi connectivity index (χ1v) is 7.22. The van der Waals surface area contributed by atoms with Gasteiger partial charge in [-0.3, -0.25) is 5.32 Å². The molecule has 0 unspecified atom stereocenters. The van der Waals surface area contributed by atoms with Gasteiger partial charge in [-0.1, -0.05) is 0 Å². The van der Waals surface area contributed by atoms with Gasteiger partial charge < -0.3 is 9.64 Å². The maximum absolute atomic E-state index is 12.0. The van der Waals surface area contributed by atoms with Crippen LogP contribution >= 0.6 is 11.3 Å². The number of carbonyl (C=O) groups is 1. The molecular formula is C13H14N4O2S. The van der Waals surface area contributed by atoms with Crippen LogP contribution in [0.1, 0.15) is 6.42 Å². The average Bonchev–Trinajstić information content (AvgIpc) is 3.11. The predicted molar refractivity (Wildman–Crippen MR) is 76.0 cm³/mol. The Hall–Kier alpha value is -2.15. The number of hydrogen-bond donors (Lipinski definition) is 1.